The molecule has 7 N–H and O–H groups in total. The molecule has 0 saturated carbocycles. The van der Waals surface area contributed by atoms with Crippen LogP contribution >= 0.6 is 0 Å². The van der Waals surface area contributed by atoms with Crippen molar-refractivity contribution in [2.75, 3.05) is 33.1 Å². The number of Topliss-reactive ketones (excluding diaryl/α,β-unsaturated/α-hetero) is 2. The van der Waals surface area contributed by atoms with E-state index in [9.17, 15) is 39.2 Å². The first-order valence-corrected chi connectivity index (χ1v) is 13.9. The molecule has 0 bridgehead atoms. The molecule has 11 nitrogen and oxygen atoms in total. The summed E-state index contributed by atoms with van der Waals surface area (Å²) in [6, 6.07) is 6.95. The molecule has 3 aliphatic rings. The molecule has 0 aliphatic heterocycles. The minimum Gasteiger partial charge on any atom is -0.510 e. The number of likely N-dealkylation sites (N-methyl/N-ethyl adjacent to an activating group) is 1. The highest BCUT2D eigenvalue weighted by molar-refractivity contribution is 6.25. The largest absolute Gasteiger partial charge is 0.510 e. The number of primary amides is 1. The van der Waals surface area contributed by atoms with E-state index in [4.69, 9.17) is 5.73 Å². The van der Waals surface area contributed by atoms with E-state index in [1.54, 1.807) is 57.4 Å². The van der Waals surface area contributed by atoms with Gasteiger partial charge in [0.2, 0.25) is 5.78 Å². The van der Waals surface area contributed by atoms with Gasteiger partial charge in [0.05, 0.1) is 11.6 Å². The summed E-state index contributed by atoms with van der Waals surface area (Å²) in [5.41, 5.74) is 3.48. The Kier molecular flexibility index (Phi) is 7.57. The highest BCUT2D eigenvalue weighted by Gasteiger charge is 2.63. The standard InChI is InChI=1S/C31H35FN4O7/c1-35(2)20-11-16(13-34-12-14-7-5-6-8-19(14)32)25(37)22-17(20)9-15-10-18-24(36(3)4)27(39)23(30(33)42)29(41)31(18,43)28(40)21(15)26(22)38/h5-8,11,15,18,24,34,37,39-40,43H,9-10,12-13H2,1-4H3,(H2,33,42)/t15-,18-,24+,31-/m0/s1. The quantitative estimate of drug-likeness (QED) is 0.258. The molecule has 5 rings (SSSR count). The van der Waals surface area contributed by atoms with Gasteiger partial charge in [-0.2, -0.15) is 0 Å². The van der Waals surface area contributed by atoms with Gasteiger partial charge in [-0.05, 0) is 50.6 Å². The summed E-state index contributed by atoms with van der Waals surface area (Å²) in [6.45, 7) is 0.242. The number of aromatic hydroxyl groups is 1. The van der Waals surface area contributed by atoms with Gasteiger partial charge >= 0.3 is 0 Å². The Bertz CT molecular complexity index is 1620. The van der Waals surface area contributed by atoms with Crippen LogP contribution in [-0.2, 0) is 29.1 Å². The fourth-order valence-corrected chi connectivity index (χ4v) is 6.86. The summed E-state index contributed by atoms with van der Waals surface area (Å²) >= 11 is 0. The molecule has 43 heavy (non-hydrogen) atoms. The van der Waals surface area contributed by atoms with Crippen LogP contribution in [0.15, 0.2) is 53.0 Å². The lowest BCUT2D eigenvalue weighted by atomic mass is 9.58. The summed E-state index contributed by atoms with van der Waals surface area (Å²) in [5, 5.41) is 48.7. The summed E-state index contributed by atoms with van der Waals surface area (Å²) in [4.78, 5) is 43.1. The van der Waals surface area contributed by atoms with Crippen molar-refractivity contribution >= 4 is 23.2 Å². The molecular weight excluding hydrogens is 559 g/mol. The molecule has 2 aromatic carbocycles. The number of ketones is 2. The second kappa shape index (κ2) is 10.8. The lowest BCUT2D eigenvalue weighted by Crippen LogP contribution is -2.63. The zero-order chi connectivity index (χ0) is 31.5. The number of nitrogens with two attached hydrogens (primary N) is 1. The lowest BCUT2D eigenvalue weighted by molar-refractivity contribution is -0.148. The highest BCUT2D eigenvalue weighted by Crippen LogP contribution is 2.53. The van der Waals surface area contributed by atoms with Crippen molar-refractivity contribution in [3.05, 3.63) is 81.1 Å². The minimum absolute atomic E-state index is 0.00530. The second-order valence-electron chi connectivity index (χ2n) is 11.8. The number of benzene rings is 2. The zero-order valence-corrected chi connectivity index (χ0v) is 24.3. The summed E-state index contributed by atoms with van der Waals surface area (Å²) in [6.07, 6.45) is 0.184. The van der Waals surface area contributed by atoms with E-state index in [0.717, 1.165) is 0 Å². The molecule has 0 saturated heterocycles. The van der Waals surface area contributed by atoms with E-state index in [1.165, 1.54) is 11.0 Å². The average Bonchev–Trinajstić information content (AvgIpc) is 2.92. The van der Waals surface area contributed by atoms with Crippen molar-refractivity contribution in [3.8, 4) is 5.75 Å². The van der Waals surface area contributed by atoms with Crippen molar-refractivity contribution in [2.45, 2.75) is 37.6 Å². The number of allylic oxidation sites excluding steroid dienone is 1. The average molecular weight is 595 g/mol. The van der Waals surface area contributed by atoms with Gasteiger partial charge in [-0.15, -0.1) is 0 Å². The monoisotopic (exact) mass is 594 g/mol. The van der Waals surface area contributed by atoms with Crippen LogP contribution in [0.3, 0.4) is 0 Å². The number of phenolic OH excluding ortho intramolecular Hbond substituents is 1. The number of fused-ring (bicyclic) bond motifs is 3. The van der Waals surface area contributed by atoms with E-state index in [2.05, 4.69) is 5.32 Å². The number of hydrogen-bond acceptors (Lipinski definition) is 10. The van der Waals surface area contributed by atoms with Crippen molar-refractivity contribution < 1.29 is 39.2 Å². The van der Waals surface area contributed by atoms with Crippen LogP contribution in [0.2, 0.25) is 0 Å². The van der Waals surface area contributed by atoms with E-state index >= 15 is 0 Å². The molecule has 0 spiro atoms. The number of amides is 1. The fraction of sp³-hybridized carbons (Fsp3) is 0.387. The van der Waals surface area contributed by atoms with Crippen LogP contribution in [0.1, 0.15) is 33.5 Å². The van der Waals surface area contributed by atoms with Crippen LogP contribution in [-0.4, -0.2) is 82.6 Å². The molecule has 0 unspecified atom stereocenters. The molecule has 2 aromatic rings. The van der Waals surface area contributed by atoms with Gasteiger partial charge in [-0.1, -0.05) is 18.2 Å². The summed E-state index contributed by atoms with van der Waals surface area (Å²) in [7, 11) is 6.73. The first-order chi connectivity index (χ1) is 20.2. The Morgan fingerprint density at radius 1 is 1.09 bits per heavy atom. The van der Waals surface area contributed by atoms with E-state index < -0.39 is 58.0 Å². The molecular formula is C31H35FN4O7. The number of halogens is 1. The van der Waals surface area contributed by atoms with Crippen LogP contribution in [0.4, 0.5) is 10.1 Å². The number of aliphatic hydroxyl groups is 3. The third-order valence-corrected chi connectivity index (χ3v) is 8.85. The van der Waals surface area contributed by atoms with E-state index in [1.807, 2.05) is 0 Å². The van der Waals surface area contributed by atoms with Crippen molar-refractivity contribution in [3.63, 3.8) is 0 Å². The molecule has 228 valence electrons. The van der Waals surface area contributed by atoms with Crippen LogP contribution in [0, 0.1) is 17.7 Å². The maximum atomic E-state index is 14.1. The smallest absolute Gasteiger partial charge is 0.255 e. The van der Waals surface area contributed by atoms with Crippen LogP contribution < -0.4 is 16.0 Å². The SMILES string of the molecule is CN(C)c1cc(CNCc2ccccc2F)c(O)c2c1C[C@H]1C[C@H]3[C@@H](N(C)C)C(O)=C(C(N)=O)C(=O)[C@@]3(O)C(O)=C1C2=O. The van der Waals surface area contributed by atoms with Gasteiger partial charge < -0.3 is 36.4 Å². The Morgan fingerprint density at radius 2 is 1.74 bits per heavy atom. The van der Waals surface area contributed by atoms with Gasteiger partial charge in [-0.25, -0.2) is 4.39 Å². The molecule has 12 heteroatoms. The van der Waals surface area contributed by atoms with Crippen molar-refractivity contribution in [1.29, 1.82) is 0 Å². The molecule has 3 aliphatic carbocycles. The molecule has 0 heterocycles. The Morgan fingerprint density at radius 3 is 2.35 bits per heavy atom. The summed E-state index contributed by atoms with van der Waals surface area (Å²) in [5.74, 6) is -7.35. The summed E-state index contributed by atoms with van der Waals surface area (Å²) < 4.78 is 14.1. The predicted octanol–water partition coefficient (Wildman–Crippen LogP) is 1.62. The number of carbonyl (C=O) groups is 3. The predicted molar refractivity (Wildman–Crippen MR) is 155 cm³/mol. The number of anilines is 1. The maximum Gasteiger partial charge on any atom is 0.255 e. The number of nitrogens with one attached hydrogen (secondary N) is 1. The third-order valence-electron chi connectivity index (χ3n) is 8.85. The topological polar surface area (TPSA) is 177 Å². The molecule has 0 aromatic heterocycles. The second-order valence-corrected chi connectivity index (χ2v) is 11.8. The van der Waals surface area contributed by atoms with E-state index in [0.29, 0.717) is 22.4 Å². The van der Waals surface area contributed by atoms with Gasteiger partial charge in [0.15, 0.2) is 11.4 Å². The number of carbonyl (C=O) groups excluding carboxylic acids is 3. The Balaban J connectivity index is 1.60. The van der Waals surface area contributed by atoms with Gasteiger partial charge in [-0.3, -0.25) is 19.3 Å². The third kappa shape index (κ3) is 4.57. The molecule has 1 amide bonds. The first-order valence-electron chi connectivity index (χ1n) is 13.9. The first kappa shape index (κ1) is 30.2. The molecule has 0 radical (unpaired) electrons. The Hall–Kier alpha value is -4.26. The van der Waals surface area contributed by atoms with Gasteiger partial charge in [0, 0.05) is 55.5 Å². The normalized spacial score (nSPS) is 25.0. The number of rotatable bonds is 7. The molecule has 0 fully saturated rings. The van der Waals surface area contributed by atoms with Gasteiger partial charge in [0.25, 0.3) is 5.91 Å². The highest BCUT2D eigenvalue weighted by atomic mass is 19.1. The van der Waals surface area contributed by atoms with E-state index in [-0.39, 0.29) is 48.6 Å². The van der Waals surface area contributed by atoms with Crippen LogP contribution in [0.25, 0.3) is 0 Å². The maximum absolute atomic E-state index is 14.1. The van der Waals surface area contributed by atoms with Crippen molar-refractivity contribution in [2.24, 2.45) is 17.6 Å². The number of hydrogen-bond donors (Lipinski definition) is 6. The minimum atomic E-state index is -2.70. The fourth-order valence-electron chi connectivity index (χ4n) is 6.86. The van der Waals surface area contributed by atoms with Gasteiger partial charge in [0.1, 0.15) is 28.7 Å². The Labute approximate surface area is 247 Å². The number of phenols is 1. The van der Waals surface area contributed by atoms with Crippen LogP contribution in [0.5, 0.6) is 5.75 Å². The van der Waals surface area contributed by atoms with Crippen molar-refractivity contribution in [1.82, 2.24) is 10.2 Å². The lowest BCUT2D eigenvalue weighted by Gasteiger charge is -2.50. The molecule has 4 atom stereocenters. The number of aliphatic hydroxyl groups excluding tert-OH is 2. The number of nitrogens with zero attached hydrogens (tertiary/aromatic N) is 2. The zero-order valence-electron chi connectivity index (χ0n) is 24.3.